The van der Waals surface area contributed by atoms with E-state index in [1.807, 2.05) is 24.3 Å². The zero-order valence-electron chi connectivity index (χ0n) is 10.5. The van der Waals surface area contributed by atoms with Crippen LogP contribution in [0, 0.1) is 6.92 Å². The highest BCUT2D eigenvalue weighted by molar-refractivity contribution is 9.08. The van der Waals surface area contributed by atoms with Crippen molar-refractivity contribution in [3.8, 4) is 17.0 Å². The van der Waals surface area contributed by atoms with Crippen LogP contribution in [0.2, 0.25) is 0 Å². The molecular formula is C13H12BrNO3S. The van der Waals surface area contributed by atoms with E-state index >= 15 is 0 Å². The Morgan fingerprint density at radius 2 is 1.89 bits per heavy atom. The van der Waals surface area contributed by atoms with Crippen molar-refractivity contribution in [3.63, 3.8) is 0 Å². The van der Waals surface area contributed by atoms with E-state index in [0.29, 0.717) is 0 Å². The molecule has 0 unspecified atom stereocenters. The van der Waals surface area contributed by atoms with Crippen molar-refractivity contribution in [2.75, 3.05) is 7.11 Å². The Hall–Kier alpha value is -1.49. The summed E-state index contributed by atoms with van der Waals surface area (Å²) >= 11 is 5.16. The van der Waals surface area contributed by atoms with Gasteiger partial charge in [-0.1, -0.05) is 15.9 Å². The maximum Gasteiger partial charge on any atom is 0.373 e. The largest absolute Gasteiger partial charge is 0.497 e. The molecule has 0 amide bonds. The molecule has 0 fully saturated rings. The monoisotopic (exact) mass is 341 g/mol. The van der Waals surface area contributed by atoms with Gasteiger partial charge in [0.15, 0.2) is 0 Å². The minimum Gasteiger partial charge on any atom is -0.497 e. The van der Waals surface area contributed by atoms with Crippen LogP contribution < -0.4 is 4.74 Å². The van der Waals surface area contributed by atoms with Crippen LogP contribution >= 0.6 is 27.3 Å². The summed E-state index contributed by atoms with van der Waals surface area (Å²) in [4.78, 5) is 22.1. The number of benzene rings is 1. The first-order valence-corrected chi connectivity index (χ1v) is 7.26. The molecular weight excluding hydrogens is 330 g/mol. The Labute approximate surface area is 123 Å². The van der Waals surface area contributed by atoms with Gasteiger partial charge in [-0.25, -0.2) is 4.98 Å². The number of nitrogens with zero attached hydrogens (tertiary/aromatic N) is 1. The predicted octanol–water partition coefficient (Wildman–Crippen LogP) is 3.44. The first-order valence-electron chi connectivity index (χ1n) is 5.32. The highest BCUT2D eigenvalue weighted by atomic mass is 79.9. The van der Waals surface area contributed by atoms with Crippen LogP contribution in [-0.2, 0) is 14.9 Å². The van der Waals surface area contributed by atoms with Crippen LogP contribution in [0.15, 0.2) is 24.3 Å². The Bertz CT molecular complexity index is 560. The number of aryl methyl sites for hydroxylation is 1. The second-order valence-electron chi connectivity index (χ2n) is 3.46. The van der Waals surface area contributed by atoms with Crippen molar-refractivity contribution in [2.45, 2.75) is 12.3 Å². The van der Waals surface area contributed by atoms with E-state index in [1.54, 1.807) is 18.4 Å². The zero-order valence-corrected chi connectivity index (χ0v) is 12.9. The third kappa shape index (κ3) is 4.28. The van der Waals surface area contributed by atoms with Gasteiger partial charge in [-0.2, -0.15) is 9.59 Å². The van der Waals surface area contributed by atoms with Gasteiger partial charge in [0.25, 0.3) is 0 Å². The van der Waals surface area contributed by atoms with E-state index < -0.39 is 0 Å². The Morgan fingerprint density at radius 1 is 1.32 bits per heavy atom. The van der Waals surface area contributed by atoms with Gasteiger partial charge >= 0.3 is 6.15 Å². The number of alkyl halides is 1. The molecule has 0 saturated heterocycles. The molecule has 0 N–H and O–H groups in total. The van der Waals surface area contributed by atoms with Gasteiger partial charge < -0.3 is 4.74 Å². The third-order valence-corrected chi connectivity index (χ3v) is 4.19. The molecule has 19 heavy (non-hydrogen) atoms. The second-order valence-corrected chi connectivity index (χ2v) is 5.31. The van der Waals surface area contributed by atoms with Crippen LogP contribution in [0.5, 0.6) is 5.75 Å². The van der Waals surface area contributed by atoms with Gasteiger partial charge in [0.2, 0.25) is 0 Å². The summed E-state index contributed by atoms with van der Waals surface area (Å²) in [6.07, 6.45) is 0.250. The van der Waals surface area contributed by atoms with E-state index in [-0.39, 0.29) is 6.15 Å². The number of hydrogen-bond acceptors (Lipinski definition) is 5. The zero-order chi connectivity index (χ0) is 14.3. The maximum atomic E-state index is 8.12. The molecule has 0 atom stereocenters. The van der Waals surface area contributed by atoms with Crippen molar-refractivity contribution in [1.29, 1.82) is 0 Å². The molecule has 0 aliphatic carbocycles. The molecule has 2 aromatic rings. The number of hydrogen-bond donors (Lipinski definition) is 0. The first-order chi connectivity index (χ1) is 9.15. The van der Waals surface area contributed by atoms with Gasteiger partial charge in [0.1, 0.15) is 10.8 Å². The van der Waals surface area contributed by atoms with E-state index in [2.05, 4.69) is 27.8 Å². The lowest BCUT2D eigenvalue weighted by molar-refractivity contribution is -0.191. The lowest BCUT2D eigenvalue weighted by Crippen LogP contribution is -1.84. The average molecular weight is 342 g/mol. The smallest absolute Gasteiger partial charge is 0.373 e. The fourth-order valence-corrected chi connectivity index (χ4v) is 2.80. The van der Waals surface area contributed by atoms with Gasteiger partial charge in [0.05, 0.1) is 18.1 Å². The van der Waals surface area contributed by atoms with Crippen LogP contribution in [0.25, 0.3) is 11.3 Å². The number of methoxy groups -OCH3 is 1. The van der Waals surface area contributed by atoms with Gasteiger partial charge in [-0.15, -0.1) is 11.3 Å². The molecule has 1 aromatic carbocycles. The van der Waals surface area contributed by atoms with Gasteiger partial charge in [-0.05, 0) is 31.2 Å². The molecule has 4 nitrogen and oxygen atoms in total. The van der Waals surface area contributed by atoms with Crippen LogP contribution in [0.3, 0.4) is 0 Å². The van der Waals surface area contributed by atoms with E-state index in [4.69, 9.17) is 14.3 Å². The molecule has 6 heteroatoms. The average Bonchev–Trinajstić information content (AvgIpc) is 2.81. The topological polar surface area (TPSA) is 56.3 Å². The number of rotatable bonds is 3. The summed E-state index contributed by atoms with van der Waals surface area (Å²) in [5.74, 6) is 0.873. The van der Waals surface area contributed by atoms with Crippen LogP contribution in [0.1, 0.15) is 9.88 Å². The molecule has 1 aromatic heterocycles. The minimum atomic E-state index is 0.250. The normalized spacial score (nSPS) is 9.21. The summed E-state index contributed by atoms with van der Waals surface area (Å²) in [6.45, 7) is 2.10. The molecule has 0 aliphatic heterocycles. The Balaban J connectivity index is 0.000000550. The fourth-order valence-electron chi connectivity index (χ4n) is 1.53. The fraction of sp³-hybridized carbons (Fsp3) is 0.231. The molecule has 0 saturated carbocycles. The molecule has 0 bridgehead atoms. The van der Waals surface area contributed by atoms with Gasteiger partial charge in [-0.3, -0.25) is 0 Å². The van der Waals surface area contributed by atoms with Crippen molar-refractivity contribution in [1.82, 2.24) is 4.98 Å². The Morgan fingerprint density at radius 3 is 2.32 bits per heavy atom. The van der Waals surface area contributed by atoms with Crippen LogP contribution in [0.4, 0.5) is 0 Å². The quantitative estimate of drug-likeness (QED) is 0.802. The van der Waals surface area contributed by atoms with E-state index in [9.17, 15) is 0 Å². The number of carbonyl (C=O) groups excluding carboxylic acids is 2. The predicted molar refractivity (Wildman–Crippen MR) is 76.5 cm³/mol. The third-order valence-electron chi connectivity index (χ3n) is 2.32. The molecule has 100 valence electrons. The molecule has 0 aliphatic rings. The summed E-state index contributed by atoms with van der Waals surface area (Å²) < 4.78 is 5.14. The van der Waals surface area contributed by atoms with Crippen molar-refractivity contribution >= 4 is 33.4 Å². The lowest BCUT2D eigenvalue weighted by Gasteiger charge is -2.01. The van der Waals surface area contributed by atoms with Crippen molar-refractivity contribution in [2.24, 2.45) is 0 Å². The summed E-state index contributed by atoms with van der Waals surface area (Å²) in [5.41, 5.74) is 2.21. The summed E-state index contributed by atoms with van der Waals surface area (Å²) in [6, 6.07) is 8.00. The first kappa shape index (κ1) is 15.6. The number of halogens is 1. The summed E-state index contributed by atoms with van der Waals surface area (Å²) in [7, 11) is 1.67. The molecule has 2 rings (SSSR count). The van der Waals surface area contributed by atoms with E-state index in [0.717, 1.165) is 27.3 Å². The van der Waals surface area contributed by atoms with Gasteiger partial charge in [0, 0.05) is 10.4 Å². The lowest BCUT2D eigenvalue weighted by atomic mass is 10.1. The highest BCUT2D eigenvalue weighted by Crippen LogP contribution is 2.29. The standard InChI is InChI=1S/C12H12BrNOS.CO2/c1-8-12(14-11(7-13)16-8)9-3-5-10(15-2)6-4-9;2-1-3/h3-6H,7H2,1-2H3;. The molecule has 1 heterocycles. The SMILES string of the molecule is COc1ccc(-c2nc(CBr)sc2C)cc1.O=C=O. The number of aromatic nitrogens is 1. The number of thiazole rings is 1. The molecule has 0 radical (unpaired) electrons. The van der Waals surface area contributed by atoms with Crippen molar-refractivity contribution < 1.29 is 14.3 Å². The van der Waals surface area contributed by atoms with Crippen LogP contribution in [-0.4, -0.2) is 18.2 Å². The number of ether oxygens (including phenoxy) is 1. The molecule has 0 spiro atoms. The highest BCUT2D eigenvalue weighted by Gasteiger charge is 2.08. The second kappa shape index (κ2) is 7.84. The van der Waals surface area contributed by atoms with Crippen molar-refractivity contribution in [3.05, 3.63) is 34.2 Å². The minimum absolute atomic E-state index is 0.250. The summed E-state index contributed by atoms with van der Waals surface area (Å²) in [5, 5.41) is 1.93. The maximum absolute atomic E-state index is 8.12. The Kier molecular flexibility index (Phi) is 6.42. The van der Waals surface area contributed by atoms with E-state index in [1.165, 1.54) is 4.88 Å².